The first-order chi connectivity index (χ1) is 6.65. The summed E-state index contributed by atoms with van der Waals surface area (Å²) in [7, 11) is 2.97. The third kappa shape index (κ3) is 4.81. The van der Waals surface area contributed by atoms with Gasteiger partial charge in [-0.2, -0.15) is 0 Å². The zero-order valence-corrected chi connectivity index (χ0v) is 8.83. The zero-order valence-electron chi connectivity index (χ0n) is 8.83. The van der Waals surface area contributed by atoms with E-state index in [4.69, 9.17) is 4.74 Å². The van der Waals surface area contributed by atoms with Gasteiger partial charge in [0.1, 0.15) is 6.04 Å². The number of carbonyl (C=O) groups is 2. The Balaban J connectivity index is 3.90. The summed E-state index contributed by atoms with van der Waals surface area (Å²) >= 11 is 0. The average molecular weight is 203 g/mol. The Morgan fingerprint density at radius 1 is 1.43 bits per heavy atom. The standard InChI is InChI=1S/C9H17NO4/c1-4-14-9(12)7(10-2)5-6-8(11)13-3/h7,10H,4-6H2,1-3H3/t7-/m0/s1. The minimum Gasteiger partial charge on any atom is -0.469 e. The predicted octanol–water partition coefficient (Wildman–Crippen LogP) is 0.0907. The maximum atomic E-state index is 11.2. The molecule has 5 nitrogen and oxygen atoms in total. The number of methoxy groups -OCH3 is 1. The van der Waals surface area contributed by atoms with Crippen molar-refractivity contribution in [2.24, 2.45) is 0 Å². The Hall–Kier alpha value is -1.10. The topological polar surface area (TPSA) is 64.6 Å². The van der Waals surface area contributed by atoms with Crippen LogP contribution in [0.2, 0.25) is 0 Å². The third-order valence-electron chi connectivity index (χ3n) is 1.78. The molecule has 0 aliphatic rings. The van der Waals surface area contributed by atoms with Crippen LogP contribution in [0, 0.1) is 0 Å². The normalized spacial score (nSPS) is 11.9. The monoisotopic (exact) mass is 203 g/mol. The van der Waals surface area contributed by atoms with Crippen LogP contribution in [0.5, 0.6) is 0 Å². The van der Waals surface area contributed by atoms with Crippen LogP contribution in [-0.2, 0) is 19.1 Å². The Bertz CT molecular complexity index is 193. The molecule has 0 saturated carbocycles. The molecular weight excluding hydrogens is 186 g/mol. The first kappa shape index (κ1) is 12.9. The van der Waals surface area contributed by atoms with Crippen molar-refractivity contribution in [1.82, 2.24) is 5.32 Å². The maximum absolute atomic E-state index is 11.2. The van der Waals surface area contributed by atoms with E-state index in [1.807, 2.05) is 0 Å². The van der Waals surface area contributed by atoms with Gasteiger partial charge < -0.3 is 14.8 Å². The van der Waals surface area contributed by atoms with Gasteiger partial charge in [0.25, 0.3) is 0 Å². The van der Waals surface area contributed by atoms with E-state index in [2.05, 4.69) is 10.1 Å². The molecule has 0 aliphatic heterocycles. The highest BCUT2D eigenvalue weighted by atomic mass is 16.5. The predicted molar refractivity (Wildman–Crippen MR) is 50.7 cm³/mol. The largest absolute Gasteiger partial charge is 0.469 e. The average Bonchev–Trinajstić information content (AvgIpc) is 2.18. The number of rotatable bonds is 6. The van der Waals surface area contributed by atoms with Crippen LogP contribution in [0.15, 0.2) is 0 Å². The molecule has 0 aliphatic carbocycles. The number of hydrogen-bond donors (Lipinski definition) is 1. The molecule has 82 valence electrons. The second-order valence-corrected chi connectivity index (χ2v) is 2.71. The lowest BCUT2D eigenvalue weighted by atomic mass is 10.1. The molecule has 0 rings (SSSR count). The van der Waals surface area contributed by atoms with Crippen molar-refractivity contribution in [3.05, 3.63) is 0 Å². The van der Waals surface area contributed by atoms with E-state index in [9.17, 15) is 9.59 Å². The van der Waals surface area contributed by atoms with Gasteiger partial charge in [0.15, 0.2) is 0 Å². The van der Waals surface area contributed by atoms with E-state index in [-0.39, 0.29) is 18.4 Å². The molecule has 1 atom stereocenters. The van der Waals surface area contributed by atoms with Crippen LogP contribution in [0.3, 0.4) is 0 Å². The van der Waals surface area contributed by atoms with Gasteiger partial charge in [-0.3, -0.25) is 9.59 Å². The fraction of sp³-hybridized carbons (Fsp3) is 0.778. The molecule has 0 heterocycles. The summed E-state index contributed by atoms with van der Waals surface area (Å²) in [4.78, 5) is 22.0. The van der Waals surface area contributed by atoms with Gasteiger partial charge in [0.05, 0.1) is 13.7 Å². The molecule has 14 heavy (non-hydrogen) atoms. The van der Waals surface area contributed by atoms with E-state index in [1.54, 1.807) is 14.0 Å². The van der Waals surface area contributed by atoms with Crippen molar-refractivity contribution in [3.63, 3.8) is 0 Å². The lowest BCUT2D eigenvalue weighted by Gasteiger charge is -2.13. The first-order valence-corrected chi connectivity index (χ1v) is 4.56. The summed E-state index contributed by atoms with van der Waals surface area (Å²) in [6, 6.07) is -0.436. The second-order valence-electron chi connectivity index (χ2n) is 2.71. The quantitative estimate of drug-likeness (QED) is 0.620. The number of likely N-dealkylation sites (N-methyl/N-ethyl adjacent to an activating group) is 1. The Morgan fingerprint density at radius 2 is 2.07 bits per heavy atom. The summed E-state index contributed by atoms with van der Waals surface area (Å²) in [5, 5.41) is 2.78. The van der Waals surface area contributed by atoms with Crippen LogP contribution in [0.25, 0.3) is 0 Å². The van der Waals surface area contributed by atoms with Gasteiger partial charge in [0.2, 0.25) is 0 Å². The molecule has 0 aromatic heterocycles. The lowest BCUT2D eigenvalue weighted by Crippen LogP contribution is -2.36. The molecule has 0 spiro atoms. The van der Waals surface area contributed by atoms with Crippen molar-refractivity contribution in [1.29, 1.82) is 0 Å². The second kappa shape index (κ2) is 7.32. The first-order valence-electron chi connectivity index (χ1n) is 4.56. The molecule has 0 aromatic carbocycles. The van der Waals surface area contributed by atoms with Crippen molar-refractivity contribution in [2.75, 3.05) is 20.8 Å². The molecule has 0 unspecified atom stereocenters. The van der Waals surface area contributed by atoms with Gasteiger partial charge in [-0.05, 0) is 20.4 Å². The minimum absolute atomic E-state index is 0.209. The van der Waals surface area contributed by atoms with Crippen molar-refractivity contribution < 1.29 is 19.1 Å². The van der Waals surface area contributed by atoms with Gasteiger partial charge in [-0.1, -0.05) is 0 Å². The Labute approximate surface area is 83.8 Å². The summed E-state index contributed by atoms with van der Waals surface area (Å²) in [5.74, 6) is -0.659. The smallest absolute Gasteiger partial charge is 0.323 e. The number of ether oxygens (including phenoxy) is 2. The summed E-state index contributed by atoms with van der Waals surface area (Å²) < 4.78 is 9.27. The van der Waals surface area contributed by atoms with E-state index in [0.717, 1.165) is 0 Å². The fourth-order valence-electron chi connectivity index (χ4n) is 0.987. The number of carbonyl (C=O) groups excluding carboxylic acids is 2. The molecule has 0 fully saturated rings. The molecular formula is C9H17NO4. The zero-order chi connectivity index (χ0) is 11.0. The van der Waals surface area contributed by atoms with Crippen LogP contribution in [0.1, 0.15) is 19.8 Å². The molecule has 0 radical (unpaired) electrons. The van der Waals surface area contributed by atoms with E-state index in [1.165, 1.54) is 7.11 Å². The SMILES string of the molecule is CCOC(=O)[C@H](CCC(=O)OC)NC. The van der Waals surface area contributed by atoms with Crippen LogP contribution in [-0.4, -0.2) is 38.7 Å². The van der Waals surface area contributed by atoms with Crippen LogP contribution in [0.4, 0.5) is 0 Å². The van der Waals surface area contributed by atoms with Crippen molar-refractivity contribution in [2.45, 2.75) is 25.8 Å². The van der Waals surface area contributed by atoms with Crippen molar-refractivity contribution >= 4 is 11.9 Å². The van der Waals surface area contributed by atoms with Gasteiger partial charge in [-0.25, -0.2) is 0 Å². The highest BCUT2D eigenvalue weighted by Gasteiger charge is 2.18. The maximum Gasteiger partial charge on any atom is 0.323 e. The highest BCUT2D eigenvalue weighted by molar-refractivity contribution is 5.77. The molecule has 5 heteroatoms. The van der Waals surface area contributed by atoms with Gasteiger partial charge in [0, 0.05) is 6.42 Å². The molecule has 0 amide bonds. The van der Waals surface area contributed by atoms with Gasteiger partial charge >= 0.3 is 11.9 Å². The highest BCUT2D eigenvalue weighted by Crippen LogP contribution is 2.00. The van der Waals surface area contributed by atoms with Gasteiger partial charge in [-0.15, -0.1) is 0 Å². The lowest BCUT2D eigenvalue weighted by molar-refractivity contribution is -0.146. The minimum atomic E-state index is -0.436. The van der Waals surface area contributed by atoms with E-state index in [0.29, 0.717) is 13.0 Å². The molecule has 0 aromatic rings. The van der Waals surface area contributed by atoms with Crippen LogP contribution < -0.4 is 5.32 Å². The van der Waals surface area contributed by atoms with E-state index < -0.39 is 6.04 Å². The summed E-state index contributed by atoms with van der Waals surface area (Å²) in [5.41, 5.74) is 0. The van der Waals surface area contributed by atoms with Crippen molar-refractivity contribution in [3.8, 4) is 0 Å². The van der Waals surface area contributed by atoms with E-state index >= 15 is 0 Å². The van der Waals surface area contributed by atoms with Crippen LogP contribution >= 0.6 is 0 Å². The fourth-order valence-corrected chi connectivity index (χ4v) is 0.987. The molecule has 1 N–H and O–H groups in total. The number of nitrogens with one attached hydrogen (secondary N) is 1. The Kier molecular flexibility index (Phi) is 6.74. The summed E-state index contributed by atoms with van der Waals surface area (Å²) in [6.07, 6.45) is 0.600. The summed E-state index contributed by atoms with van der Waals surface area (Å²) in [6.45, 7) is 2.08. The number of hydrogen-bond acceptors (Lipinski definition) is 5. The molecule has 0 bridgehead atoms. The number of esters is 2. The third-order valence-corrected chi connectivity index (χ3v) is 1.78. The molecule has 0 saturated heterocycles. The Morgan fingerprint density at radius 3 is 2.50 bits per heavy atom.